The average molecular weight is 179 g/mol. The van der Waals surface area contributed by atoms with E-state index in [1.165, 1.54) is 12.8 Å². The first-order valence-corrected chi connectivity index (χ1v) is 5.43. The van der Waals surface area contributed by atoms with E-state index in [2.05, 4.69) is 17.1 Å². The highest BCUT2D eigenvalue weighted by molar-refractivity contribution is 5.13. The summed E-state index contributed by atoms with van der Waals surface area (Å²) >= 11 is 0. The summed E-state index contributed by atoms with van der Waals surface area (Å²) in [5.41, 5.74) is 0. The summed E-state index contributed by atoms with van der Waals surface area (Å²) < 4.78 is 5.38. The van der Waals surface area contributed by atoms with Crippen LogP contribution in [0.4, 0.5) is 0 Å². The predicted molar refractivity (Wildman–Crippen MR) is 51.5 cm³/mol. The van der Waals surface area contributed by atoms with Crippen LogP contribution in [0.2, 0.25) is 0 Å². The largest absolute Gasteiger partial charge is 0.379 e. The summed E-state index contributed by atoms with van der Waals surface area (Å²) in [6.45, 7) is 4.19. The lowest BCUT2D eigenvalue weighted by molar-refractivity contribution is 0.0112. The van der Waals surface area contributed by atoms with Crippen molar-refractivity contribution in [1.29, 1.82) is 0 Å². The molecule has 1 aliphatic heterocycles. The number of fused-ring (bicyclic) bond motifs is 2. The van der Waals surface area contributed by atoms with Gasteiger partial charge in [0, 0.05) is 19.1 Å². The second kappa shape index (κ2) is 3.10. The summed E-state index contributed by atoms with van der Waals surface area (Å²) in [7, 11) is 0. The lowest BCUT2D eigenvalue weighted by atomic mass is 9.99. The molecule has 72 valence electrons. The van der Waals surface area contributed by atoms with Gasteiger partial charge in [0.1, 0.15) is 0 Å². The first-order chi connectivity index (χ1) is 6.43. The molecule has 1 saturated heterocycles. The lowest BCUT2D eigenvalue weighted by Gasteiger charge is -2.35. The number of hydrogen-bond acceptors (Lipinski definition) is 2. The summed E-state index contributed by atoms with van der Waals surface area (Å²) in [5, 5.41) is 0. The number of morpholine rings is 1. The van der Waals surface area contributed by atoms with E-state index in [4.69, 9.17) is 4.74 Å². The van der Waals surface area contributed by atoms with Gasteiger partial charge in [-0.2, -0.15) is 0 Å². The van der Waals surface area contributed by atoms with Crippen LogP contribution in [0.1, 0.15) is 12.8 Å². The fraction of sp³-hybridized carbons (Fsp3) is 0.818. The molecule has 0 aromatic heterocycles. The van der Waals surface area contributed by atoms with Crippen LogP contribution in [0.15, 0.2) is 12.2 Å². The van der Waals surface area contributed by atoms with E-state index < -0.39 is 0 Å². The highest BCUT2D eigenvalue weighted by atomic mass is 16.5. The van der Waals surface area contributed by atoms with Crippen LogP contribution in [-0.4, -0.2) is 37.2 Å². The molecular formula is C11H17NO. The second-order valence-corrected chi connectivity index (χ2v) is 4.50. The second-order valence-electron chi connectivity index (χ2n) is 4.50. The van der Waals surface area contributed by atoms with Crippen LogP contribution in [0.25, 0.3) is 0 Å². The molecule has 2 bridgehead atoms. The normalized spacial score (nSPS) is 44.5. The number of allylic oxidation sites excluding steroid dienone is 1. The van der Waals surface area contributed by atoms with Crippen LogP contribution in [0.3, 0.4) is 0 Å². The Hall–Kier alpha value is -0.340. The highest BCUT2D eigenvalue weighted by Crippen LogP contribution is 2.41. The van der Waals surface area contributed by atoms with Gasteiger partial charge in [0.2, 0.25) is 0 Å². The van der Waals surface area contributed by atoms with E-state index in [0.29, 0.717) is 0 Å². The van der Waals surface area contributed by atoms with Crippen molar-refractivity contribution >= 4 is 0 Å². The first-order valence-electron chi connectivity index (χ1n) is 5.43. The number of nitrogens with zero attached hydrogens (tertiary/aromatic N) is 1. The Morgan fingerprint density at radius 3 is 2.54 bits per heavy atom. The van der Waals surface area contributed by atoms with Crippen LogP contribution in [0.5, 0.6) is 0 Å². The van der Waals surface area contributed by atoms with Crippen molar-refractivity contribution in [3.8, 4) is 0 Å². The molecule has 0 aromatic carbocycles. The summed E-state index contributed by atoms with van der Waals surface area (Å²) in [6.07, 6.45) is 7.68. The standard InChI is InChI=1S/C11H17NO/c1-2-10-7-9(1)8-11(10)12-3-5-13-6-4-12/h1-2,9-11H,3-8H2/t9-,10+,11-/m1/s1. The molecule has 2 fully saturated rings. The maximum Gasteiger partial charge on any atom is 0.0594 e. The van der Waals surface area contributed by atoms with Crippen molar-refractivity contribution in [2.24, 2.45) is 11.8 Å². The Morgan fingerprint density at radius 2 is 1.92 bits per heavy atom. The fourth-order valence-corrected chi connectivity index (χ4v) is 3.08. The maximum absolute atomic E-state index is 5.38. The van der Waals surface area contributed by atoms with Gasteiger partial charge in [-0.15, -0.1) is 0 Å². The smallest absolute Gasteiger partial charge is 0.0594 e. The molecule has 0 radical (unpaired) electrons. The van der Waals surface area contributed by atoms with Crippen LogP contribution < -0.4 is 0 Å². The lowest BCUT2D eigenvalue weighted by Crippen LogP contribution is -2.45. The third-order valence-electron chi connectivity index (χ3n) is 3.76. The topological polar surface area (TPSA) is 12.5 Å². The van der Waals surface area contributed by atoms with Crippen molar-refractivity contribution in [3.05, 3.63) is 12.2 Å². The molecule has 0 unspecified atom stereocenters. The summed E-state index contributed by atoms with van der Waals surface area (Å²) in [4.78, 5) is 2.64. The van der Waals surface area contributed by atoms with E-state index in [0.717, 1.165) is 44.2 Å². The Kier molecular flexibility index (Phi) is 1.91. The van der Waals surface area contributed by atoms with Gasteiger partial charge in [0.25, 0.3) is 0 Å². The van der Waals surface area contributed by atoms with Gasteiger partial charge in [-0.3, -0.25) is 4.90 Å². The summed E-state index contributed by atoms with van der Waals surface area (Å²) in [5.74, 6) is 1.76. The molecular weight excluding hydrogens is 162 g/mol. The Labute approximate surface area is 79.6 Å². The first kappa shape index (κ1) is 8.01. The minimum atomic E-state index is 0.846. The predicted octanol–water partition coefficient (Wildman–Crippen LogP) is 1.28. The zero-order chi connectivity index (χ0) is 8.67. The van der Waals surface area contributed by atoms with Crippen LogP contribution in [-0.2, 0) is 4.74 Å². The fourth-order valence-electron chi connectivity index (χ4n) is 3.08. The molecule has 3 rings (SSSR count). The SMILES string of the molecule is C1=C[C@H]2C[C@@H]1C[C@H]2N1CCOCC1. The van der Waals surface area contributed by atoms with Gasteiger partial charge in [-0.05, 0) is 24.7 Å². The van der Waals surface area contributed by atoms with E-state index in [1.807, 2.05) is 0 Å². The average Bonchev–Trinajstić information content (AvgIpc) is 2.80. The van der Waals surface area contributed by atoms with E-state index in [1.54, 1.807) is 0 Å². The third-order valence-corrected chi connectivity index (χ3v) is 3.76. The van der Waals surface area contributed by atoms with Gasteiger partial charge in [0.15, 0.2) is 0 Å². The molecule has 0 aromatic rings. The molecule has 1 heterocycles. The molecule has 1 saturated carbocycles. The molecule has 0 spiro atoms. The van der Waals surface area contributed by atoms with Crippen LogP contribution >= 0.6 is 0 Å². The zero-order valence-electron chi connectivity index (χ0n) is 7.98. The van der Waals surface area contributed by atoms with E-state index >= 15 is 0 Å². The minimum absolute atomic E-state index is 0.846. The number of ether oxygens (including phenoxy) is 1. The Balaban J connectivity index is 1.68. The number of hydrogen-bond donors (Lipinski definition) is 0. The highest BCUT2D eigenvalue weighted by Gasteiger charge is 2.39. The molecule has 0 N–H and O–H groups in total. The van der Waals surface area contributed by atoms with E-state index in [-0.39, 0.29) is 0 Å². The van der Waals surface area contributed by atoms with Crippen molar-refractivity contribution < 1.29 is 4.74 Å². The Bertz CT molecular complexity index is 220. The van der Waals surface area contributed by atoms with Gasteiger partial charge in [-0.1, -0.05) is 12.2 Å². The summed E-state index contributed by atoms with van der Waals surface area (Å²) in [6, 6.07) is 0.846. The monoisotopic (exact) mass is 179 g/mol. The van der Waals surface area contributed by atoms with E-state index in [9.17, 15) is 0 Å². The maximum atomic E-state index is 5.38. The van der Waals surface area contributed by atoms with Crippen molar-refractivity contribution in [3.63, 3.8) is 0 Å². The Morgan fingerprint density at radius 1 is 1.08 bits per heavy atom. The molecule has 2 heteroatoms. The van der Waals surface area contributed by atoms with Gasteiger partial charge < -0.3 is 4.74 Å². The quantitative estimate of drug-likeness (QED) is 0.562. The molecule has 3 atom stereocenters. The van der Waals surface area contributed by atoms with Crippen molar-refractivity contribution in [2.75, 3.05) is 26.3 Å². The molecule has 2 nitrogen and oxygen atoms in total. The van der Waals surface area contributed by atoms with Gasteiger partial charge in [-0.25, -0.2) is 0 Å². The molecule has 0 amide bonds. The molecule has 13 heavy (non-hydrogen) atoms. The third kappa shape index (κ3) is 1.32. The van der Waals surface area contributed by atoms with Crippen molar-refractivity contribution in [1.82, 2.24) is 4.90 Å². The van der Waals surface area contributed by atoms with Crippen LogP contribution in [0, 0.1) is 11.8 Å². The van der Waals surface area contributed by atoms with Crippen molar-refractivity contribution in [2.45, 2.75) is 18.9 Å². The zero-order valence-corrected chi connectivity index (χ0v) is 7.98. The molecule has 3 aliphatic rings. The number of rotatable bonds is 1. The van der Waals surface area contributed by atoms with Gasteiger partial charge >= 0.3 is 0 Å². The minimum Gasteiger partial charge on any atom is -0.379 e. The molecule has 2 aliphatic carbocycles. The van der Waals surface area contributed by atoms with Gasteiger partial charge in [0.05, 0.1) is 13.2 Å².